The lowest BCUT2D eigenvalue weighted by Gasteiger charge is -2.26. The zero-order valence-corrected chi connectivity index (χ0v) is 19.7. The largest absolute Gasteiger partial charge is 0.467 e. The molecular weight excluding hydrogens is 430 g/mol. The minimum Gasteiger partial charge on any atom is -0.467 e. The van der Waals surface area contributed by atoms with Crippen molar-refractivity contribution in [1.29, 1.82) is 0 Å². The molecule has 0 saturated carbocycles. The number of nitrogens with one attached hydrogen (secondary N) is 2. The Bertz CT molecular complexity index is 1030. The average molecular weight is 462 g/mol. The van der Waals surface area contributed by atoms with Gasteiger partial charge in [-0.05, 0) is 54.6 Å². The molecule has 0 bridgehead atoms. The second-order valence-corrected chi connectivity index (χ2v) is 7.92. The molecule has 7 nitrogen and oxygen atoms in total. The molecule has 178 valence electrons. The minimum atomic E-state index is -0.750. The molecule has 1 heterocycles. The van der Waals surface area contributed by atoms with Crippen molar-refractivity contribution in [3.8, 4) is 11.8 Å². The fourth-order valence-corrected chi connectivity index (χ4v) is 3.50. The number of ether oxygens (including phenoxy) is 2. The summed E-state index contributed by atoms with van der Waals surface area (Å²) in [6, 6.07) is 14.7. The van der Waals surface area contributed by atoms with E-state index in [4.69, 9.17) is 9.47 Å². The zero-order valence-electron chi connectivity index (χ0n) is 19.7. The van der Waals surface area contributed by atoms with E-state index in [1.165, 1.54) is 12.7 Å². The van der Waals surface area contributed by atoms with Crippen molar-refractivity contribution in [1.82, 2.24) is 15.5 Å². The van der Waals surface area contributed by atoms with E-state index in [2.05, 4.69) is 51.6 Å². The minimum absolute atomic E-state index is 0.283. The van der Waals surface area contributed by atoms with Crippen LogP contribution in [-0.4, -0.2) is 69.8 Å². The highest BCUT2D eigenvalue weighted by Gasteiger charge is 2.21. The van der Waals surface area contributed by atoms with Gasteiger partial charge in [0, 0.05) is 37.3 Å². The molecule has 1 atom stereocenters. The standard InChI is InChI=1S/C27H31N3O4/c1-28-19-25(27(32)33-2)29-26(31)24-13-11-22(12-14-24)6-4-3-5-21-7-9-23(10-8-21)20-30-15-17-34-18-16-30/h3,5,7-14,25,28H,15-20H2,1-2H3,(H,29,31). The summed E-state index contributed by atoms with van der Waals surface area (Å²) in [6.45, 7) is 4.80. The van der Waals surface area contributed by atoms with E-state index in [0.717, 1.165) is 44.0 Å². The van der Waals surface area contributed by atoms with Gasteiger partial charge in [-0.3, -0.25) is 9.69 Å². The van der Waals surface area contributed by atoms with Gasteiger partial charge in [-0.25, -0.2) is 4.79 Å². The number of rotatable bonds is 8. The van der Waals surface area contributed by atoms with Gasteiger partial charge in [0.2, 0.25) is 0 Å². The van der Waals surface area contributed by atoms with Crippen molar-refractivity contribution >= 4 is 18.0 Å². The summed E-state index contributed by atoms with van der Waals surface area (Å²) in [4.78, 5) is 26.6. The number of hydrogen-bond acceptors (Lipinski definition) is 6. The maximum absolute atomic E-state index is 12.4. The molecule has 1 amide bonds. The van der Waals surface area contributed by atoms with Crippen molar-refractivity contribution < 1.29 is 19.1 Å². The molecule has 7 heteroatoms. The molecule has 2 aromatic rings. The fourth-order valence-electron chi connectivity index (χ4n) is 3.50. The molecule has 2 N–H and O–H groups in total. The molecule has 0 aromatic heterocycles. The molecule has 1 unspecified atom stereocenters. The second-order valence-electron chi connectivity index (χ2n) is 7.92. The molecule has 0 spiro atoms. The molecule has 1 saturated heterocycles. The molecule has 1 aliphatic rings. The van der Waals surface area contributed by atoms with Crippen LogP contribution < -0.4 is 10.6 Å². The Morgan fingerprint density at radius 2 is 1.82 bits per heavy atom. The first-order valence-electron chi connectivity index (χ1n) is 11.3. The third kappa shape index (κ3) is 7.85. The van der Waals surface area contributed by atoms with Gasteiger partial charge in [0.25, 0.3) is 5.91 Å². The van der Waals surface area contributed by atoms with E-state index < -0.39 is 12.0 Å². The quantitative estimate of drug-likeness (QED) is 0.463. The normalized spacial score (nSPS) is 14.8. The lowest BCUT2D eigenvalue weighted by atomic mass is 10.1. The van der Waals surface area contributed by atoms with E-state index in [-0.39, 0.29) is 12.5 Å². The first-order chi connectivity index (χ1) is 16.6. The number of amides is 1. The van der Waals surface area contributed by atoms with Crippen LogP contribution in [0.5, 0.6) is 0 Å². The highest BCUT2D eigenvalue weighted by molar-refractivity contribution is 5.96. The average Bonchev–Trinajstić information content (AvgIpc) is 2.87. The SMILES string of the molecule is CNCC(NC(=O)c1ccc(C#CC=Cc2ccc(CN3CCOCC3)cc2)cc1)C(=O)OC. The number of morpholine rings is 1. The fraction of sp³-hybridized carbons (Fsp3) is 0.333. The summed E-state index contributed by atoms with van der Waals surface area (Å²) in [6.07, 6.45) is 3.79. The van der Waals surface area contributed by atoms with Crippen LogP contribution in [0.3, 0.4) is 0 Å². The van der Waals surface area contributed by atoms with Gasteiger partial charge in [0.15, 0.2) is 0 Å². The van der Waals surface area contributed by atoms with E-state index in [1.54, 1.807) is 31.3 Å². The Kier molecular flexibility index (Phi) is 9.86. The number of likely N-dealkylation sites (N-methyl/N-ethyl adjacent to an activating group) is 1. The summed E-state index contributed by atoms with van der Waals surface area (Å²) in [7, 11) is 2.99. The monoisotopic (exact) mass is 461 g/mol. The van der Waals surface area contributed by atoms with Crippen LogP contribution in [0.2, 0.25) is 0 Å². The van der Waals surface area contributed by atoms with Gasteiger partial charge in [-0.15, -0.1) is 0 Å². The third-order valence-corrected chi connectivity index (χ3v) is 5.41. The van der Waals surface area contributed by atoms with Gasteiger partial charge in [-0.1, -0.05) is 36.1 Å². The lowest BCUT2D eigenvalue weighted by Crippen LogP contribution is -2.47. The van der Waals surface area contributed by atoms with Gasteiger partial charge in [-0.2, -0.15) is 0 Å². The molecule has 0 radical (unpaired) electrons. The van der Waals surface area contributed by atoms with Crippen LogP contribution in [0.25, 0.3) is 6.08 Å². The number of carbonyl (C=O) groups excluding carboxylic acids is 2. The van der Waals surface area contributed by atoms with Crippen molar-refractivity contribution in [2.75, 3.05) is 47.0 Å². The Morgan fingerprint density at radius 1 is 1.12 bits per heavy atom. The zero-order chi connectivity index (χ0) is 24.2. The predicted molar refractivity (Wildman–Crippen MR) is 132 cm³/mol. The van der Waals surface area contributed by atoms with Crippen molar-refractivity contribution in [2.45, 2.75) is 12.6 Å². The summed E-state index contributed by atoms with van der Waals surface area (Å²) in [5.74, 6) is 5.25. The van der Waals surface area contributed by atoms with Crippen molar-refractivity contribution in [3.05, 3.63) is 76.9 Å². The highest BCUT2D eigenvalue weighted by atomic mass is 16.5. The molecule has 1 fully saturated rings. The highest BCUT2D eigenvalue weighted by Crippen LogP contribution is 2.10. The van der Waals surface area contributed by atoms with E-state index in [0.29, 0.717) is 5.56 Å². The molecule has 3 rings (SSSR count). The lowest BCUT2D eigenvalue weighted by molar-refractivity contribution is -0.142. The maximum Gasteiger partial charge on any atom is 0.329 e. The summed E-state index contributed by atoms with van der Waals surface area (Å²) >= 11 is 0. The van der Waals surface area contributed by atoms with E-state index >= 15 is 0 Å². The smallest absolute Gasteiger partial charge is 0.329 e. The number of methoxy groups -OCH3 is 1. The number of esters is 1. The van der Waals surface area contributed by atoms with Gasteiger partial charge in [0.1, 0.15) is 6.04 Å². The van der Waals surface area contributed by atoms with Crippen LogP contribution in [-0.2, 0) is 20.8 Å². The van der Waals surface area contributed by atoms with E-state index in [1.807, 2.05) is 12.2 Å². The molecule has 34 heavy (non-hydrogen) atoms. The van der Waals surface area contributed by atoms with Crippen LogP contribution in [0.4, 0.5) is 0 Å². The maximum atomic E-state index is 12.4. The summed E-state index contributed by atoms with van der Waals surface area (Å²) < 4.78 is 10.1. The second kappa shape index (κ2) is 13.3. The number of benzene rings is 2. The first-order valence-corrected chi connectivity index (χ1v) is 11.3. The number of hydrogen-bond donors (Lipinski definition) is 2. The number of carbonyl (C=O) groups is 2. The predicted octanol–water partition coefficient (Wildman–Crippen LogP) is 2.07. The van der Waals surface area contributed by atoms with Gasteiger partial charge >= 0.3 is 5.97 Å². The Labute approximate surface area is 201 Å². The number of allylic oxidation sites excluding steroid dienone is 1. The Hall–Kier alpha value is -3.44. The van der Waals surface area contributed by atoms with Crippen molar-refractivity contribution in [2.24, 2.45) is 0 Å². The van der Waals surface area contributed by atoms with Gasteiger partial charge < -0.3 is 20.1 Å². The van der Waals surface area contributed by atoms with E-state index in [9.17, 15) is 9.59 Å². The Morgan fingerprint density at radius 3 is 2.47 bits per heavy atom. The van der Waals surface area contributed by atoms with Crippen LogP contribution in [0.1, 0.15) is 27.0 Å². The van der Waals surface area contributed by atoms with Crippen LogP contribution in [0.15, 0.2) is 54.6 Å². The molecular formula is C27H31N3O4. The summed E-state index contributed by atoms with van der Waals surface area (Å²) in [5, 5.41) is 5.53. The Balaban J connectivity index is 1.51. The molecule has 1 aliphatic heterocycles. The number of nitrogens with zero attached hydrogens (tertiary/aromatic N) is 1. The van der Waals surface area contributed by atoms with Crippen LogP contribution in [0, 0.1) is 11.8 Å². The molecule has 2 aromatic carbocycles. The molecule has 0 aliphatic carbocycles. The third-order valence-electron chi connectivity index (χ3n) is 5.41. The van der Waals surface area contributed by atoms with Crippen LogP contribution >= 0.6 is 0 Å². The summed E-state index contributed by atoms with van der Waals surface area (Å²) in [5.41, 5.74) is 3.62. The van der Waals surface area contributed by atoms with Gasteiger partial charge in [0.05, 0.1) is 20.3 Å². The first kappa shape index (κ1) is 25.2. The van der Waals surface area contributed by atoms with Crippen molar-refractivity contribution in [3.63, 3.8) is 0 Å². The topological polar surface area (TPSA) is 79.9 Å².